The van der Waals surface area contributed by atoms with E-state index in [1.54, 1.807) is 0 Å². The average molecular weight is 370 g/mol. The number of anilines is 1. The second-order valence-corrected chi connectivity index (χ2v) is 5.06. The first-order valence-electron chi connectivity index (χ1n) is 6.58. The number of hydrogen-bond acceptors (Lipinski definition) is 6. The maximum absolute atomic E-state index is 13.2. The van der Waals surface area contributed by atoms with Gasteiger partial charge in [-0.25, -0.2) is 4.39 Å². The van der Waals surface area contributed by atoms with E-state index in [2.05, 4.69) is 5.32 Å². The van der Waals surface area contributed by atoms with Crippen LogP contribution in [0.2, 0.25) is 5.02 Å². The molecule has 0 radical (unpaired) electrons. The van der Waals surface area contributed by atoms with E-state index in [-0.39, 0.29) is 10.7 Å². The van der Waals surface area contributed by atoms with Crippen LogP contribution in [-0.4, -0.2) is 22.4 Å². The topological polar surface area (TPSA) is 125 Å². The largest absolute Gasteiger partial charge is 0.477 e. The van der Waals surface area contributed by atoms with Gasteiger partial charge in [-0.05, 0) is 18.2 Å². The normalized spacial score (nSPS) is 10.2. The Morgan fingerprint density at radius 3 is 2.44 bits per heavy atom. The second-order valence-electron chi connectivity index (χ2n) is 4.62. The summed E-state index contributed by atoms with van der Waals surface area (Å²) in [5.74, 6) is -2.05. The van der Waals surface area contributed by atoms with E-state index in [4.69, 9.17) is 16.3 Å². The van der Waals surface area contributed by atoms with Crippen LogP contribution in [0.5, 0.6) is 5.75 Å². The van der Waals surface area contributed by atoms with Crippen LogP contribution >= 0.6 is 11.6 Å². The highest BCUT2D eigenvalue weighted by Crippen LogP contribution is 2.29. The number of nitrogens with zero attached hydrogens (tertiary/aromatic N) is 2. The third-order valence-corrected chi connectivity index (χ3v) is 3.14. The predicted octanol–water partition coefficient (Wildman–Crippen LogP) is 3.31. The van der Waals surface area contributed by atoms with Crippen LogP contribution in [0.1, 0.15) is 0 Å². The van der Waals surface area contributed by atoms with Crippen molar-refractivity contribution in [2.45, 2.75) is 0 Å². The SMILES string of the molecule is O=C(COc1cc(F)ccc1[N+](=O)[O-])Nc1ccc(Cl)cc1[N+](=O)[O-]. The molecule has 9 nitrogen and oxygen atoms in total. The summed E-state index contributed by atoms with van der Waals surface area (Å²) in [5, 5.41) is 24.1. The van der Waals surface area contributed by atoms with Gasteiger partial charge in [0.25, 0.3) is 11.6 Å². The maximum Gasteiger partial charge on any atom is 0.311 e. The Kier molecular flexibility index (Phi) is 5.45. The molecule has 11 heteroatoms. The van der Waals surface area contributed by atoms with Crippen LogP contribution < -0.4 is 10.1 Å². The summed E-state index contributed by atoms with van der Waals surface area (Å²) < 4.78 is 18.1. The Morgan fingerprint density at radius 1 is 1.12 bits per heavy atom. The first-order chi connectivity index (χ1) is 11.8. The molecule has 0 saturated carbocycles. The van der Waals surface area contributed by atoms with Crippen LogP contribution in [0.4, 0.5) is 21.5 Å². The van der Waals surface area contributed by atoms with Crippen molar-refractivity contribution in [1.29, 1.82) is 0 Å². The van der Waals surface area contributed by atoms with Crippen LogP contribution in [-0.2, 0) is 4.79 Å². The number of amides is 1. The van der Waals surface area contributed by atoms with Gasteiger partial charge in [0.05, 0.1) is 9.85 Å². The van der Waals surface area contributed by atoms with Crippen LogP contribution in [0, 0.1) is 26.0 Å². The first-order valence-corrected chi connectivity index (χ1v) is 6.96. The number of benzene rings is 2. The third kappa shape index (κ3) is 4.61. The number of ether oxygens (including phenoxy) is 1. The van der Waals surface area contributed by atoms with Crippen molar-refractivity contribution in [3.05, 3.63) is 67.5 Å². The van der Waals surface area contributed by atoms with E-state index >= 15 is 0 Å². The van der Waals surface area contributed by atoms with E-state index in [9.17, 15) is 29.4 Å². The highest BCUT2D eigenvalue weighted by atomic mass is 35.5. The van der Waals surface area contributed by atoms with Gasteiger partial charge in [0.15, 0.2) is 6.61 Å². The molecule has 0 unspecified atom stereocenters. The smallest absolute Gasteiger partial charge is 0.311 e. The molecule has 25 heavy (non-hydrogen) atoms. The van der Waals surface area contributed by atoms with Crippen LogP contribution in [0.15, 0.2) is 36.4 Å². The van der Waals surface area contributed by atoms with Crippen LogP contribution in [0.25, 0.3) is 0 Å². The Bertz CT molecular complexity index is 860. The number of nitro groups is 2. The molecule has 130 valence electrons. The molecule has 0 aliphatic carbocycles. The fourth-order valence-electron chi connectivity index (χ4n) is 1.85. The zero-order valence-corrected chi connectivity index (χ0v) is 13.0. The van der Waals surface area contributed by atoms with Gasteiger partial charge < -0.3 is 10.1 Å². The van der Waals surface area contributed by atoms with Crippen molar-refractivity contribution < 1.29 is 23.8 Å². The van der Waals surface area contributed by atoms with Gasteiger partial charge in [-0.1, -0.05) is 11.6 Å². The molecule has 2 rings (SSSR count). The molecule has 0 heterocycles. The average Bonchev–Trinajstić information content (AvgIpc) is 2.54. The lowest BCUT2D eigenvalue weighted by Crippen LogP contribution is -2.21. The lowest BCUT2D eigenvalue weighted by atomic mass is 10.2. The highest BCUT2D eigenvalue weighted by molar-refractivity contribution is 6.31. The maximum atomic E-state index is 13.2. The summed E-state index contributed by atoms with van der Waals surface area (Å²) >= 11 is 5.66. The molecule has 0 atom stereocenters. The van der Waals surface area contributed by atoms with E-state index < -0.39 is 45.3 Å². The number of halogens is 2. The molecule has 1 N–H and O–H groups in total. The molecular weight excluding hydrogens is 361 g/mol. The molecule has 0 bridgehead atoms. The molecule has 1 amide bonds. The van der Waals surface area contributed by atoms with Crippen molar-refractivity contribution in [3.8, 4) is 5.75 Å². The molecule has 0 aliphatic heterocycles. The van der Waals surface area contributed by atoms with Gasteiger partial charge in [-0.2, -0.15) is 0 Å². The predicted molar refractivity (Wildman–Crippen MR) is 85.3 cm³/mol. The van der Waals surface area contributed by atoms with Crippen molar-refractivity contribution in [2.24, 2.45) is 0 Å². The minimum absolute atomic E-state index is 0.108. The molecule has 0 aliphatic rings. The first kappa shape index (κ1) is 18.1. The van der Waals surface area contributed by atoms with Crippen molar-refractivity contribution in [1.82, 2.24) is 0 Å². The molecular formula is C14H9ClFN3O6. The molecule has 0 aromatic heterocycles. The molecule has 0 spiro atoms. The fourth-order valence-corrected chi connectivity index (χ4v) is 2.01. The molecule has 2 aromatic carbocycles. The Morgan fingerprint density at radius 2 is 1.80 bits per heavy atom. The van der Waals surface area contributed by atoms with Crippen molar-refractivity contribution in [3.63, 3.8) is 0 Å². The fraction of sp³-hybridized carbons (Fsp3) is 0.0714. The molecule has 2 aromatic rings. The Hall–Kier alpha value is -3.27. The standard InChI is InChI=1S/C14H9ClFN3O6/c15-8-1-3-10(12(5-8)19(23)24)17-14(20)7-25-13-6-9(16)2-4-11(13)18(21)22/h1-6H,7H2,(H,17,20). The summed E-state index contributed by atoms with van der Waals surface area (Å²) in [6, 6.07) is 6.14. The molecule has 0 fully saturated rings. The summed E-state index contributed by atoms with van der Waals surface area (Å²) in [4.78, 5) is 32.1. The Balaban J connectivity index is 2.11. The van der Waals surface area contributed by atoms with E-state index in [0.717, 1.165) is 24.3 Å². The Labute approximate surface area is 144 Å². The third-order valence-electron chi connectivity index (χ3n) is 2.91. The second kappa shape index (κ2) is 7.53. The molecule has 0 saturated heterocycles. The van der Waals surface area contributed by atoms with Crippen LogP contribution in [0.3, 0.4) is 0 Å². The van der Waals surface area contributed by atoms with E-state index in [1.165, 1.54) is 12.1 Å². The van der Waals surface area contributed by atoms with Gasteiger partial charge in [0, 0.05) is 23.2 Å². The lowest BCUT2D eigenvalue weighted by molar-refractivity contribution is -0.385. The number of nitro benzene ring substituents is 2. The van der Waals surface area contributed by atoms with Gasteiger partial charge in [0.2, 0.25) is 5.75 Å². The van der Waals surface area contributed by atoms with Crippen molar-refractivity contribution in [2.75, 3.05) is 11.9 Å². The number of carbonyl (C=O) groups excluding carboxylic acids is 1. The summed E-state index contributed by atoms with van der Waals surface area (Å²) in [5.41, 5.74) is -1.08. The monoisotopic (exact) mass is 369 g/mol. The number of nitrogens with one attached hydrogen (secondary N) is 1. The minimum atomic E-state index is -0.830. The minimum Gasteiger partial charge on any atom is -0.477 e. The van der Waals surface area contributed by atoms with Gasteiger partial charge >= 0.3 is 5.69 Å². The lowest BCUT2D eigenvalue weighted by Gasteiger charge is -2.08. The van der Waals surface area contributed by atoms with Gasteiger partial charge in [-0.15, -0.1) is 0 Å². The summed E-state index contributed by atoms with van der Waals surface area (Å²) in [6.07, 6.45) is 0. The van der Waals surface area contributed by atoms with Crippen molar-refractivity contribution >= 4 is 34.6 Å². The van der Waals surface area contributed by atoms with Gasteiger partial charge in [-0.3, -0.25) is 25.0 Å². The number of carbonyl (C=O) groups is 1. The zero-order chi connectivity index (χ0) is 18.6. The quantitative estimate of drug-likeness (QED) is 0.615. The zero-order valence-electron chi connectivity index (χ0n) is 12.3. The van der Waals surface area contributed by atoms with Gasteiger partial charge in [0.1, 0.15) is 11.5 Å². The number of rotatable bonds is 6. The highest BCUT2D eigenvalue weighted by Gasteiger charge is 2.19. The van der Waals surface area contributed by atoms with E-state index in [0.29, 0.717) is 0 Å². The summed E-state index contributed by atoms with van der Waals surface area (Å²) in [7, 11) is 0. The van der Waals surface area contributed by atoms with E-state index in [1.807, 2.05) is 0 Å². The number of hydrogen-bond donors (Lipinski definition) is 1. The summed E-state index contributed by atoms with van der Waals surface area (Å²) in [6.45, 7) is -0.718.